The van der Waals surface area contributed by atoms with Crippen LogP contribution in [0, 0.1) is 5.92 Å². The summed E-state index contributed by atoms with van der Waals surface area (Å²) in [7, 11) is 1.88. The number of carbonyl (C=O) groups excluding carboxylic acids is 1. The van der Waals surface area contributed by atoms with Crippen LogP contribution in [0.4, 0.5) is 0 Å². The minimum absolute atomic E-state index is 0.0558. The lowest BCUT2D eigenvalue weighted by molar-refractivity contribution is 0.0783. The molecule has 0 saturated carbocycles. The largest absolute Gasteiger partial charge is 0.337 e. The molecule has 3 rings (SSSR count). The van der Waals surface area contributed by atoms with Gasteiger partial charge in [-0.2, -0.15) is 5.10 Å². The van der Waals surface area contributed by atoms with E-state index in [-0.39, 0.29) is 5.91 Å². The molecule has 1 saturated heterocycles. The summed E-state index contributed by atoms with van der Waals surface area (Å²) in [5.41, 5.74) is 1.58. The molecule has 100 valence electrons. The van der Waals surface area contributed by atoms with Crippen molar-refractivity contribution >= 4 is 32.7 Å². The van der Waals surface area contributed by atoms with E-state index in [1.54, 1.807) is 4.68 Å². The van der Waals surface area contributed by atoms with Crippen LogP contribution in [0.25, 0.3) is 10.9 Å². The second-order valence-electron chi connectivity index (χ2n) is 5.05. The summed E-state index contributed by atoms with van der Waals surface area (Å²) >= 11 is 3.50. The Hall–Kier alpha value is -1.36. The zero-order valence-corrected chi connectivity index (χ0v) is 12.4. The Bertz CT molecular complexity index is 622. The van der Waals surface area contributed by atoms with Crippen LogP contribution in [0.2, 0.25) is 0 Å². The van der Waals surface area contributed by atoms with Crippen LogP contribution >= 0.6 is 15.9 Å². The average Bonchev–Trinajstić information content (AvgIpc) is 3.04. The highest BCUT2D eigenvalue weighted by Crippen LogP contribution is 2.23. The smallest absolute Gasteiger partial charge is 0.275 e. The van der Waals surface area contributed by atoms with E-state index >= 15 is 0 Å². The van der Waals surface area contributed by atoms with Gasteiger partial charge in [-0.25, -0.2) is 0 Å². The SMILES string of the molecule is Cn1nc(C(=O)N2CCC(CBr)C2)c2ccccc21. The van der Waals surface area contributed by atoms with Crippen LogP contribution in [0.3, 0.4) is 0 Å². The van der Waals surface area contributed by atoms with E-state index in [4.69, 9.17) is 0 Å². The number of rotatable bonds is 2. The molecule has 1 unspecified atom stereocenters. The highest BCUT2D eigenvalue weighted by atomic mass is 79.9. The number of carbonyl (C=O) groups is 1. The third-order valence-corrected chi connectivity index (χ3v) is 4.67. The van der Waals surface area contributed by atoms with Gasteiger partial charge < -0.3 is 4.90 Å². The van der Waals surface area contributed by atoms with E-state index in [9.17, 15) is 4.79 Å². The zero-order valence-electron chi connectivity index (χ0n) is 10.8. The number of hydrogen-bond donors (Lipinski definition) is 0. The number of nitrogens with zero attached hydrogens (tertiary/aromatic N) is 3. The van der Waals surface area contributed by atoms with Crippen molar-refractivity contribution in [3.63, 3.8) is 0 Å². The molecule has 1 fully saturated rings. The first-order valence-electron chi connectivity index (χ1n) is 6.47. The maximum Gasteiger partial charge on any atom is 0.275 e. The quantitative estimate of drug-likeness (QED) is 0.797. The maximum absolute atomic E-state index is 12.6. The van der Waals surface area contributed by atoms with E-state index in [2.05, 4.69) is 21.0 Å². The molecule has 0 N–H and O–H groups in total. The number of alkyl halides is 1. The number of hydrogen-bond acceptors (Lipinski definition) is 2. The molecule has 1 aliphatic rings. The molecule has 0 bridgehead atoms. The summed E-state index contributed by atoms with van der Waals surface area (Å²) in [6.45, 7) is 1.66. The van der Waals surface area contributed by atoms with Crippen molar-refractivity contribution in [3.05, 3.63) is 30.0 Å². The van der Waals surface area contributed by atoms with Gasteiger partial charge in [0.1, 0.15) is 0 Å². The zero-order chi connectivity index (χ0) is 13.4. The molecule has 1 atom stereocenters. The Balaban J connectivity index is 1.94. The van der Waals surface area contributed by atoms with Crippen LogP contribution in [-0.2, 0) is 7.05 Å². The number of fused-ring (bicyclic) bond motifs is 1. The number of para-hydroxylation sites is 1. The first-order valence-corrected chi connectivity index (χ1v) is 7.60. The summed E-state index contributed by atoms with van der Waals surface area (Å²) in [6, 6.07) is 7.87. The summed E-state index contributed by atoms with van der Waals surface area (Å²) in [4.78, 5) is 14.5. The number of likely N-dealkylation sites (tertiary alicyclic amines) is 1. The third-order valence-electron chi connectivity index (χ3n) is 3.75. The molecule has 1 amide bonds. The van der Waals surface area contributed by atoms with Crippen molar-refractivity contribution in [2.75, 3.05) is 18.4 Å². The van der Waals surface area contributed by atoms with E-state index in [1.807, 2.05) is 36.2 Å². The Morgan fingerprint density at radius 3 is 3.00 bits per heavy atom. The Morgan fingerprint density at radius 2 is 2.26 bits per heavy atom. The second kappa shape index (κ2) is 4.96. The number of aryl methyl sites for hydroxylation is 1. The van der Waals surface area contributed by atoms with Gasteiger partial charge in [0.2, 0.25) is 0 Å². The fourth-order valence-electron chi connectivity index (χ4n) is 2.66. The van der Waals surface area contributed by atoms with Gasteiger partial charge in [-0.15, -0.1) is 0 Å². The molecule has 2 heterocycles. The molecule has 2 aromatic rings. The highest BCUT2D eigenvalue weighted by Gasteiger charge is 2.28. The molecule has 1 aromatic carbocycles. The topological polar surface area (TPSA) is 38.1 Å². The number of halogens is 1. The number of benzene rings is 1. The van der Waals surface area contributed by atoms with Gasteiger partial charge in [-0.1, -0.05) is 34.1 Å². The second-order valence-corrected chi connectivity index (χ2v) is 5.70. The molecule has 1 aromatic heterocycles. The van der Waals surface area contributed by atoms with Crippen LogP contribution < -0.4 is 0 Å². The number of amides is 1. The first-order chi connectivity index (χ1) is 9.20. The lowest BCUT2D eigenvalue weighted by Crippen LogP contribution is -2.29. The minimum Gasteiger partial charge on any atom is -0.337 e. The lowest BCUT2D eigenvalue weighted by Gasteiger charge is -2.14. The van der Waals surface area contributed by atoms with Gasteiger partial charge in [-0.05, 0) is 18.4 Å². The first kappa shape index (κ1) is 12.7. The van der Waals surface area contributed by atoms with Crippen LogP contribution in [0.15, 0.2) is 24.3 Å². The Morgan fingerprint density at radius 1 is 1.47 bits per heavy atom. The van der Waals surface area contributed by atoms with Gasteiger partial charge >= 0.3 is 0 Å². The average molecular weight is 322 g/mol. The molecular weight excluding hydrogens is 306 g/mol. The van der Waals surface area contributed by atoms with Gasteiger partial charge in [0.15, 0.2) is 5.69 Å². The molecular formula is C14H16BrN3O. The van der Waals surface area contributed by atoms with Crippen molar-refractivity contribution in [1.29, 1.82) is 0 Å². The number of aromatic nitrogens is 2. The van der Waals surface area contributed by atoms with E-state index in [0.717, 1.165) is 35.7 Å². The molecule has 5 heteroatoms. The summed E-state index contributed by atoms with van der Waals surface area (Å²) in [6.07, 6.45) is 1.07. The van der Waals surface area contributed by atoms with Crippen molar-refractivity contribution in [3.8, 4) is 0 Å². The van der Waals surface area contributed by atoms with Gasteiger partial charge in [0, 0.05) is 30.9 Å². The monoisotopic (exact) mass is 321 g/mol. The molecule has 0 aliphatic carbocycles. The Kier molecular flexibility index (Phi) is 3.31. The summed E-state index contributed by atoms with van der Waals surface area (Å²) < 4.78 is 1.78. The van der Waals surface area contributed by atoms with Gasteiger partial charge in [-0.3, -0.25) is 9.48 Å². The molecule has 19 heavy (non-hydrogen) atoms. The van der Waals surface area contributed by atoms with E-state index in [0.29, 0.717) is 11.6 Å². The van der Waals surface area contributed by atoms with Crippen molar-refractivity contribution in [2.45, 2.75) is 6.42 Å². The fraction of sp³-hybridized carbons (Fsp3) is 0.429. The van der Waals surface area contributed by atoms with E-state index < -0.39 is 0 Å². The predicted molar refractivity (Wildman–Crippen MR) is 78.5 cm³/mol. The third kappa shape index (κ3) is 2.16. The standard InChI is InChI=1S/C14H16BrN3O/c1-17-12-5-3-2-4-11(12)13(16-17)14(19)18-7-6-10(8-15)9-18/h2-5,10H,6-9H2,1H3. The normalized spacial score (nSPS) is 19.3. The van der Waals surface area contributed by atoms with Gasteiger partial charge in [0.05, 0.1) is 5.52 Å². The Labute approximate surface area is 120 Å². The summed E-state index contributed by atoms with van der Waals surface area (Å²) in [5.74, 6) is 0.624. The molecule has 0 spiro atoms. The predicted octanol–water partition coefficient (Wildman–Crippen LogP) is 2.43. The van der Waals surface area contributed by atoms with Crippen molar-refractivity contribution < 1.29 is 4.79 Å². The highest BCUT2D eigenvalue weighted by molar-refractivity contribution is 9.09. The minimum atomic E-state index is 0.0558. The van der Waals surface area contributed by atoms with Crippen molar-refractivity contribution in [2.24, 2.45) is 13.0 Å². The fourth-order valence-corrected chi connectivity index (χ4v) is 3.19. The molecule has 1 aliphatic heterocycles. The van der Waals surface area contributed by atoms with Crippen molar-refractivity contribution in [1.82, 2.24) is 14.7 Å². The maximum atomic E-state index is 12.6. The molecule has 0 radical (unpaired) electrons. The van der Waals surface area contributed by atoms with Crippen LogP contribution in [-0.4, -0.2) is 39.0 Å². The summed E-state index contributed by atoms with van der Waals surface area (Å²) in [5, 5.41) is 6.30. The van der Waals surface area contributed by atoms with Gasteiger partial charge in [0.25, 0.3) is 5.91 Å². The van der Waals surface area contributed by atoms with Crippen LogP contribution in [0.5, 0.6) is 0 Å². The van der Waals surface area contributed by atoms with E-state index in [1.165, 1.54) is 0 Å². The molecule has 4 nitrogen and oxygen atoms in total. The van der Waals surface area contributed by atoms with Crippen LogP contribution in [0.1, 0.15) is 16.9 Å². The lowest BCUT2D eigenvalue weighted by atomic mass is 10.2.